The molecule has 1 aliphatic heterocycles. The van der Waals surface area contributed by atoms with Crippen molar-refractivity contribution in [3.8, 4) is 23.0 Å². The average Bonchev–Trinajstić information content (AvgIpc) is 2.95. The van der Waals surface area contributed by atoms with Gasteiger partial charge in [0.1, 0.15) is 23.0 Å². The van der Waals surface area contributed by atoms with E-state index >= 15 is 0 Å². The molecule has 0 fully saturated rings. The Kier molecular flexibility index (Phi) is 6.19. The van der Waals surface area contributed by atoms with Gasteiger partial charge in [-0.15, -0.1) is 0 Å². The molecule has 138 valence electrons. The van der Waals surface area contributed by atoms with Crippen molar-refractivity contribution in [3.63, 3.8) is 0 Å². The molecule has 6 nitrogen and oxygen atoms in total. The molecule has 0 aromatic heterocycles. The predicted molar refractivity (Wildman–Crippen MR) is 102 cm³/mol. The summed E-state index contributed by atoms with van der Waals surface area (Å²) in [6.07, 6.45) is 2.29. The third kappa shape index (κ3) is 5.05. The Balaban J connectivity index is 1.66. The lowest BCUT2D eigenvalue weighted by molar-refractivity contribution is 0.386. The zero-order valence-corrected chi connectivity index (χ0v) is 15.2. The number of aliphatic imine (C=N–C) groups is 1. The highest BCUT2D eigenvalue weighted by molar-refractivity contribution is 5.79. The summed E-state index contributed by atoms with van der Waals surface area (Å²) in [5.74, 6) is 3.67. The lowest BCUT2D eigenvalue weighted by Crippen LogP contribution is -2.36. The molecule has 0 saturated heterocycles. The van der Waals surface area contributed by atoms with Crippen molar-refractivity contribution in [2.45, 2.75) is 19.4 Å². The first-order valence-electron chi connectivity index (χ1n) is 8.79. The minimum atomic E-state index is 0.668. The first-order chi connectivity index (χ1) is 12.8. The molecule has 0 radical (unpaired) electrons. The Bertz CT molecular complexity index is 739. The summed E-state index contributed by atoms with van der Waals surface area (Å²) >= 11 is 0. The van der Waals surface area contributed by atoms with Crippen LogP contribution in [0, 0.1) is 0 Å². The second-order valence-corrected chi connectivity index (χ2v) is 6.02. The molecule has 6 heteroatoms. The highest BCUT2D eigenvalue weighted by Crippen LogP contribution is 2.31. The van der Waals surface area contributed by atoms with E-state index in [1.807, 2.05) is 36.4 Å². The van der Waals surface area contributed by atoms with Crippen LogP contribution >= 0.6 is 0 Å². The molecule has 0 amide bonds. The zero-order valence-electron chi connectivity index (χ0n) is 15.2. The number of ether oxygens (including phenoxy) is 3. The molecule has 2 aromatic carbocycles. The Labute approximate surface area is 154 Å². The summed E-state index contributed by atoms with van der Waals surface area (Å²) in [7, 11) is 3.24. The van der Waals surface area contributed by atoms with Gasteiger partial charge < -0.3 is 24.8 Å². The van der Waals surface area contributed by atoms with Gasteiger partial charge in [0.2, 0.25) is 0 Å². The third-order valence-electron chi connectivity index (χ3n) is 4.07. The number of methoxy groups -OCH3 is 2. The third-order valence-corrected chi connectivity index (χ3v) is 4.07. The average molecular weight is 355 g/mol. The normalized spacial score (nSPS) is 13.8. The molecule has 26 heavy (non-hydrogen) atoms. The molecular formula is C20H25N3O3. The van der Waals surface area contributed by atoms with Crippen molar-refractivity contribution >= 4 is 5.96 Å². The van der Waals surface area contributed by atoms with Crippen molar-refractivity contribution in [2.75, 3.05) is 27.3 Å². The number of nitrogens with zero attached hydrogens (tertiary/aromatic N) is 1. The largest absolute Gasteiger partial charge is 0.496 e. The molecule has 0 atom stereocenters. The molecule has 0 aliphatic carbocycles. The molecule has 2 aromatic rings. The SMILES string of the molecule is COc1cc(OC)cc(Oc2cccc(CNC3=NCCCCN3)c2)c1. The number of hydrogen-bond acceptors (Lipinski definition) is 6. The number of rotatable bonds is 6. The molecule has 0 unspecified atom stereocenters. The Morgan fingerprint density at radius 1 is 0.962 bits per heavy atom. The van der Waals surface area contributed by atoms with Crippen LogP contribution in [0.3, 0.4) is 0 Å². The molecule has 0 bridgehead atoms. The second kappa shape index (κ2) is 8.99. The van der Waals surface area contributed by atoms with E-state index in [0.29, 0.717) is 23.8 Å². The van der Waals surface area contributed by atoms with E-state index in [-0.39, 0.29) is 0 Å². The lowest BCUT2D eigenvalue weighted by atomic mass is 10.2. The topological polar surface area (TPSA) is 64.1 Å². The van der Waals surface area contributed by atoms with Gasteiger partial charge in [-0.25, -0.2) is 0 Å². The van der Waals surface area contributed by atoms with Crippen molar-refractivity contribution < 1.29 is 14.2 Å². The van der Waals surface area contributed by atoms with Gasteiger partial charge in [0, 0.05) is 37.8 Å². The van der Waals surface area contributed by atoms with E-state index in [4.69, 9.17) is 14.2 Å². The monoisotopic (exact) mass is 355 g/mol. The van der Waals surface area contributed by atoms with Gasteiger partial charge in [0.15, 0.2) is 5.96 Å². The van der Waals surface area contributed by atoms with Crippen LogP contribution in [-0.2, 0) is 6.54 Å². The van der Waals surface area contributed by atoms with Gasteiger partial charge >= 0.3 is 0 Å². The minimum Gasteiger partial charge on any atom is -0.496 e. The standard InChI is InChI=1S/C20H25N3O3/c1-24-17-11-18(25-2)13-19(12-17)26-16-7-5-6-15(10-16)14-23-20-21-8-3-4-9-22-20/h5-7,10-13H,3-4,8-9,14H2,1-2H3,(H2,21,22,23). The minimum absolute atomic E-state index is 0.668. The van der Waals surface area contributed by atoms with Crippen LogP contribution in [0.1, 0.15) is 18.4 Å². The van der Waals surface area contributed by atoms with E-state index in [9.17, 15) is 0 Å². The van der Waals surface area contributed by atoms with Crippen LogP contribution in [0.5, 0.6) is 23.0 Å². The van der Waals surface area contributed by atoms with Crippen LogP contribution in [0.2, 0.25) is 0 Å². The van der Waals surface area contributed by atoms with Gasteiger partial charge in [0.25, 0.3) is 0 Å². The van der Waals surface area contributed by atoms with Crippen molar-refractivity contribution in [1.82, 2.24) is 10.6 Å². The summed E-state index contributed by atoms with van der Waals surface area (Å²) in [6.45, 7) is 2.52. The number of benzene rings is 2. The van der Waals surface area contributed by atoms with E-state index in [0.717, 1.165) is 43.2 Å². The summed E-state index contributed by atoms with van der Waals surface area (Å²) < 4.78 is 16.6. The fraction of sp³-hybridized carbons (Fsp3) is 0.350. The van der Waals surface area contributed by atoms with Crippen LogP contribution < -0.4 is 24.8 Å². The van der Waals surface area contributed by atoms with E-state index in [1.54, 1.807) is 14.2 Å². The molecule has 2 N–H and O–H groups in total. The molecule has 1 aliphatic rings. The van der Waals surface area contributed by atoms with Crippen molar-refractivity contribution in [1.29, 1.82) is 0 Å². The zero-order chi connectivity index (χ0) is 18.2. The molecule has 1 heterocycles. The van der Waals surface area contributed by atoms with Gasteiger partial charge in [-0.2, -0.15) is 0 Å². The van der Waals surface area contributed by atoms with Gasteiger partial charge in [-0.05, 0) is 30.5 Å². The smallest absolute Gasteiger partial charge is 0.191 e. The lowest BCUT2D eigenvalue weighted by Gasteiger charge is -2.12. The summed E-state index contributed by atoms with van der Waals surface area (Å²) in [6, 6.07) is 13.4. The summed E-state index contributed by atoms with van der Waals surface area (Å²) in [4.78, 5) is 4.50. The van der Waals surface area contributed by atoms with E-state index in [1.165, 1.54) is 0 Å². The number of hydrogen-bond donors (Lipinski definition) is 2. The quantitative estimate of drug-likeness (QED) is 0.832. The first kappa shape index (κ1) is 17.9. The first-order valence-corrected chi connectivity index (χ1v) is 8.79. The van der Waals surface area contributed by atoms with Gasteiger partial charge in [0.05, 0.1) is 14.2 Å². The predicted octanol–water partition coefficient (Wildman–Crippen LogP) is 3.33. The Hall–Kier alpha value is -2.89. The Morgan fingerprint density at radius 2 is 1.73 bits per heavy atom. The number of nitrogens with one attached hydrogen (secondary N) is 2. The van der Waals surface area contributed by atoms with Crippen LogP contribution in [0.25, 0.3) is 0 Å². The van der Waals surface area contributed by atoms with E-state index in [2.05, 4.69) is 21.7 Å². The van der Waals surface area contributed by atoms with Crippen LogP contribution in [0.4, 0.5) is 0 Å². The van der Waals surface area contributed by atoms with Crippen molar-refractivity contribution in [3.05, 3.63) is 48.0 Å². The van der Waals surface area contributed by atoms with E-state index < -0.39 is 0 Å². The maximum absolute atomic E-state index is 5.98. The molecule has 3 rings (SSSR count). The fourth-order valence-electron chi connectivity index (χ4n) is 2.69. The Morgan fingerprint density at radius 3 is 2.50 bits per heavy atom. The van der Waals surface area contributed by atoms with Crippen LogP contribution in [0.15, 0.2) is 47.5 Å². The van der Waals surface area contributed by atoms with Gasteiger partial charge in [-0.3, -0.25) is 4.99 Å². The maximum Gasteiger partial charge on any atom is 0.191 e. The molecule has 0 spiro atoms. The highest BCUT2D eigenvalue weighted by atomic mass is 16.5. The van der Waals surface area contributed by atoms with Crippen molar-refractivity contribution in [2.24, 2.45) is 4.99 Å². The summed E-state index contributed by atoms with van der Waals surface area (Å²) in [5.41, 5.74) is 1.12. The van der Waals surface area contributed by atoms with Crippen LogP contribution in [-0.4, -0.2) is 33.3 Å². The second-order valence-electron chi connectivity index (χ2n) is 6.02. The fourth-order valence-corrected chi connectivity index (χ4v) is 2.69. The summed E-state index contributed by atoms with van der Waals surface area (Å²) in [5, 5.41) is 6.66. The maximum atomic E-state index is 5.98. The highest BCUT2D eigenvalue weighted by Gasteiger charge is 2.06. The molecular weight excluding hydrogens is 330 g/mol. The number of guanidine groups is 1. The molecule has 0 saturated carbocycles. The van der Waals surface area contributed by atoms with Gasteiger partial charge in [-0.1, -0.05) is 12.1 Å².